The number of hydrogen-bond acceptors (Lipinski definition) is 4. The van der Waals surface area contributed by atoms with Crippen LogP contribution >= 0.6 is 7.82 Å². The second kappa shape index (κ2) is 4.67. The Labute approximate surface area is 66.8 Å². The van der Waals surface area contributed by atoms with Gasteiger partial charge in [0.2, 0.25) is 0 Å². The minimum Gasteiger partial charge on any atom is -0.290 e. The molecule has 0 aliphatic carbocycles. The molecule has 0 aromatic heterocycles. The standard InChI is InChI=1S/C6H13O4P/c1-6(2)5-10-11(7,8-3)9-4/h1,5H2,2-4H3. The Hall–Kier alpha value is -0.150. The van der Waals surface area contributed by atoms with E-state index in [0.29, 0.717) is 0 Å². The molecule has 0 aromatic rings. The summed E-state index contributed by atoms with van der Waals surface area (Å²) in [5, 5.41) is 0. The summed E-state index contributed by atoms with van der Waals surface area (Å²) in [5.74, 6) is 0. The summed E-state index contributed by atoms with van der Waals surface area (Å²) in [7, 11) is -0.763. The van der Waals surface area contributed by atoms with Gasteiger partial charge in [-0.25, -0.2) is 4.57 Å². The van der Waals surface area contributed by atoms with Gasteiger partial charge in [-0.15, -0.1) is 0 Å². The van der Waals surface area contributed by atoms with Gasteiger partial charge in [0.1, 0.15) is 0 Å². The summed E-state index contributed by atoms with van der Waals surface area (Å²) in [6.07, 6.45) is 0. The van der Waals surface area contributed by atoms with Crippen molar-refractivity contribution in [2.24, 2.45) is 0 Å². The van der Waals surface area contributed by atoms with Crippen LogP contribution in [0.4, 0.5) is 0 Å². The van der Waals surface area contributed by atoms with Crippen molar-refractivity contribution in [1.82, 2.24) is 0 Å². The predicted octanol–water partition coefficient (Wildman–Crippen LogP) is 1.98. The minimum atomic E-state index is -3.30. The zero-order valence-electron chi connectivity index (χ0n) is 6.99. The Morgan fingerprint density at radius 1 is 1.45 bits per heavy atom. The topological polar surface area (TPSA) is 44.8 Å². The van der Waals surface area contributed by atoms with Gasteiger partial charge in [0.05, 0.1) is 6.61 Å². The number of phosphoric ester groups is 1. The lowest BCUT2D eigenvalue weighted by molar-refractivity contribution is 0.162. The Morgan fingerprint density at radius 3 is 2.18 bits per heavy atom. The first-order chi connectivity index (χ1) is 5.04. The van der Waals surface area contributed by atoms with Gasteiger partial charge in [-0.05, 0) is 6.92 Å². The molecule has 0 atom stereocenters. The van der Waals surface area contributed by atoms with E-state index in [1.165, 1.54) is 14.2 Å². The van der Waals surface area contributed by atoms with Gasteiger partial charge in [0.15, 0.2) is 0 Å². The van der Waals surface area contributed by atoms with Crippen LogP contribution in [0.3, 0.4) is 0 Å². The summed E-state index contributed by atoms with van der Waals surface area (Å²) in [5.41, 5.74) is 0.763. The van der Waals surface area contributed by atoms with E-state index in [9.17, 15) is 4.57 Å². The second-order valence-corrected chi connectivity index (χ2v) is 3.93. The van der Waals surface area contributed by atoms with Gasteiger partial charge < -0.3 is 0 Å². The van der Waals surface area contributed by atoms with Crippen LogP contribution in [0.25, 0.3) is 0 Å². The molecule has 0 spiro atoms. The molecule has 66 valence electrons. The molecule has 0 bridgehead atoms. The smallest absolute Gasteiger partial charge is 0.290 e. The summed E-state index contributed by atoms with van der Waals surface area (Å²) < 4.78 is 25.0. The Bertz CT molecular complexity index is 169. The van der Waals surface area contributed by atoms with Crippen LogP contribution < -0.4 is 0 Å². The van der Waals surface area contributed by atoms with Gasteiger partial charge in [0.25, 0.3) is 0 Å². The van der Waals surface area contributed by atoms with E-state index in [-0.39, 0.29) is 6.61 Å². The van der Waals surface area contributed by atoms with Crippen molar-refractivity contribution in [2.45, 2.75) is 6.92 Å². The maximum absolute atomic E-state index is 11.1. The van der Waals surface area contributed by atoms with Crippen LogP contribution in [0.15, 0.2) is 12.2 Å². The highest BCUT2D eigenvalue weighted by Gasteiger charge is 2.21. The van der Waals surface area contributed by atoms with Crippen LogP contribution in [0, 0.1) is 0 Å². The van der Waals surface area contributed by atoms with Crippen LogP contribution in [0.2, 0.25) is 0 Å². The van der Waals surface area contributed by atoms with Crippen molar-refractivity contribution in [1.29, 1.82) is 0 Å². The molecular weight excluding hydrogens is 167 g/mol. The fraction of sp³-hybridized carbons (Fsp3) is 0.667. The highest BCUT2D eigenvalue weighted by atomic mass is 31.2. The van der Waals surface area contributed by atoms with E-state index < -0.39 is 7.82 Å². The first-order valence-electron chi connectivity index (χ1n) is 3.04. The van der Waals surface area contributed by atoms with Crippen molar-refractivity contribution < 1.29 is 18.1 Å². The van der Waals surface area contributed by atoms with Crippen LogP contribution in [-0.4, -0.2) is 20.8 Å². The zero-order chi connectivity index (χ0) is 8.91. The number of phosphoric acid groups is 1. The quantitative estimate of drug-likeness (QED) is 0.479. The van der Waals surface area contributed by atoms with Crippen molar-refractivity contribution in [3.63, 3.8) is 0 Å². The summed E-state index contributed by atoms with van der Waals surface area (Å²) in [6, 6.07) is 0. The Morgan fingerprint density at radius 2 is 1.91 bits per heavy atom. The van der Waals surface area contributed by atoms with Crippen molar-refractivity contribution in [3.8, 4) is 0 Å². The molecule has 0 unspecified atom stereocenters. The average molecular weight is 180 g/mol. The first kappa shape index (κ1) is 10.8. The SMILES string of the molecule is C=C(C)COP(=O)(OC)OC. The third-order valence-corrected chi connectivity index (χ3v) is 2.26. The monoisotopic (exact) mass is 180 g/mol. The normalized spacial score (nSPS) is 11.5. The van der Waals surface area contributed by atoms with E-state index in [4.69, 9.17) is 4.52 Å². The maximum Gasteiger partial charge on any atom is 0.474 e. The number of hydrogen-bond donors (Lipinski definition) is 0. The zero-order valence-corrected chi connectivity index (χ0v) is 7.89. The molecule has 0 N–H and O–H groups in total. The molecule has 0 saturated heterocycles. The molecule has 0 heterocycles. The van der Waals surface area contributed by atoms with E-state index in [1.807, 2.05) is 0 Å². The molecule has 0 fully saturated rings. The fourth-order valence-electron chi connectivity index (χ4n) is 0.369. The van der Waals surface area contributed by atoms with E-state index in [2.05, 4.69) is 15.6 Å². The van der Waals surface area contributed by atoms with E-state index >= 15 is 0 Å². The van der Waals surface area contributed by atoms with Crippen LogP contribution in [0.5, 0.6) is 0 Å². The summed E-state index contributed by atoms with van der Waals surface area (Å²) in [4.78, 5) is 0. The van der Waals surface area contributed by atoms with Crippen LogP contribution in [-0.2, 0) is 18.1 Å². The maximum atomic E-state index is 11.1. The number of rotatable bonds is 5. The highest BCUT2D eigenvalue weighted by Crippen LogP contribution is 2.47. The molecule has 0 amide bonds. The molecule has 0 aliphatic rings. The molecule has 11 heavy (non-hydrogen) atoms. The second-order valence-electron chi connectivity index (χ2n) is 2.04. The molecule has 0 aliphatic heterocycles. The predicted molar refractivity (Wildman–Crippen MR) is 42.4 cm³/mol. The van der Waals surface area contributed by atoms with Gasteiger partial charge in [-0.1, -0.05) is 12.2 Å². The lowest BCUT2D eigenvalue weighted by Gasteiger charge is -2.12. The fourth-order valence-corrected chi connectivity index (χ4v) is 1.11. The largest absolute Gasteiger partial charge is 0.474 e. The Kier molecular flexibility index (Phi) is 4.61. The van der Waals surface area contributed by atoms with Gasteiger partial charge >= 0.3 is 7.82 Å². The lowest BCUT2D eigenvalue weighted by atomic mass is 10.4. The molecule has 0 saturated carbocycles. The van der Waals surface area contributed by atoms with E-state index in [1.54, 1.807) is 6.92 Å². The van der Waals surface area contributed by atoms with Gasteiger partial charge in [-0.2, -0.15) is 0 Å². The third kappa shape index (κ3) is 4.32. The lowest BCUT2D eigenvalue weighted by Crippen LogP contribution is -1.97. The Balaban J connectivity index is 3.89. The molecule has 0 radical (unpaired) electrons. The average Bonchev–Trinajstić information content (AvgIpc) is 2.00. The highest BCUT2D eigenvalue weighted by molar-refractivity contribution is 7.48. The van der Waals surface area contributed by atoms with Crippen molar-refractivity contribution in [2.75, 3.05) is 20.8 Å². The van der Waals surface area contributed by atoms with Crippen molar-refractivity contribution in [3.05, 3.63) is 12.2 Å². The minimum absolute atomic E-state index is 0.180. The van der Waals surface area contributed by atoms with Gasteiger partial charge in [-0.3, -0.25) is 13.6 Å². The molecular formula is C6H13O4P. The summed E-state index contributed by atoms with van der Waals surface area (Å²) >= 11 is 0. The molecule has 0 aromatic carbocycles. The molecule has 5 heteroatoms. The third-order valence-electron chi connectivity index (χ3n) is 0.916. The molecule has 0 rings (SSSR count). The van der Waals surface area contributed by atoms with Crippen LogP contribution in [0.1, 0.15) is 6.92 Å². The van der Waals surface area contributed by atoms with Gasteiger partial charge in [0, 0.05) is 14.2 Å². The summed E-state index contributed by atoms with van der Waals surface area (Å²) in [6.45, 7) is 5.51. The van der Waals surface area contributed by atoms with E-state index in [0.717, 1.165) is 5.57 Å². The first-order valence-corrected chi connectivity index (χ1v) is 4.50. The molecule has 4 nitrogen and oxygen atoms in total. The van der Waals surface area contributed by atoms with Crippen molar-refractivity contribution >= 4 is 7.82 Å².